The molecule has 0 aromatic carbocycles. The number of hydrogen-bond acceptors (Lipinski definition) is 6. The van der Waals surface area contributed by atoms with Gasteiger partial charge in [0.15, 0.2) is 12.4 Å². The molecule has 0 spiro atoms. The van der Waals surface area contributed by atoms with Crippen molar-refractivity contribution in [3.05, 3.63) is 35.7 Å². The van der Waals surface area contributed by atoms with Crippen LogP contribution in [0, 0.1) is 6.92 Å². The maximum absolute atomic E-state index is 5.58. The van der Waals surface area contributed by atoms with E-state index in [4.69, 9.17) is 14.0 Å². The van der Waals surface area contributed by atoms with Gasteiger partial charge < -0.3 is 14.0 Å². The van der Waals surface area contributed by atoms with Crippen molar-refractivity contribution >= 4 is 0 Å². The molecule has 2 aromatic heterocycles. The van der Waals surface area contributed by atoms with Gasteiger partial charge in [-0.15, -0.1) is 0 Å². The van der Waals surface area contributed by atoms with Crippen LogP contribution in [0.2, 0.25) is 0 Å². The summed E-state index contributed by atoms with van der Waals surface area (Å²) in [5, 5.41) is 3.86. The van der Waals surface area contributed by atoms with Gasteiger partial charge in [0.05, 0.1) is 5.69 Å². The van der Waals surface area contributed by atoms with E-state index in [2.05, 4.69) is 15.1 Å². The van der Waals surface area contributed by atoms with Gasteiger partial charge in [-0.3, -0.25) is 4.98 Å². The van der Waals surface area contributed by atoms with Crippen LogP contribution < -0.4 is 4.74 Å². The molecule has 102 valence electrons. The van der Waals surface area contributed by atoms with E-state index in [1.165, 1.54) is 0 Å². The SMILES string of the molecule is CCOC(C)c1noc(COc2cccnc2C)n1. The van der Waals surface area contributed by atoms with Crippen molar-refractivity contribution in [3.63, 3.8) is 0 Å². The van der Waals surface area contributed by atoms with Crippen LogP contribution >= 0.6 is 0 Å². The van der Waals surface area contributed by atoms with Crippen molar-refractivity contribution in [1.29, 1.82) is 0 Å². The van der Waals surface area contributed by atoms with E-state index >= 15 is 0 Å². The quantitative estimate of drug-likeness (QED) is 0.797. The van der Waals surface area contributed by atoms with Gasteiger partial charge in [-0.1, -0.05) is 5.16 Å². The summed E-state index contributed by atoms with van der Waals surface area (Å²) >= 11 is 0. The highest BCUT2D eigenvalue weighted by atomic mass is 16.5. The van der Waals surface area contributed by atoms with Crippen LogP contribution in [0.4, 0.5) is 0 Å². The minimum absolute atomic E-state index is 0.178. The molecule has 1 atom stereocenters. The van der Waals surface area contributed by atoms with Crippen LogP contribution in [0.5, 0.6) is 5.75 Å². The van der Waals surface area contributed by atoms with Gasteiger partial charge in [0, 0.05) is 12.8 Å². The Morgan fingerprint density at radius 2 is 2.26 bits per heavy atom. The zero-order valence-corrected chi connectivity index (χ0v) is 11.3. The third-order valence-corrected chi connectivity index (χ3v) is 2.57. The lowest BCUT2D eigenvalue weighted by atomic mass is 10.3. The third kappa shape index (κ3) is 3.51. The molecule has 6 heteroatoms. The molecule has 0 bridgehead atoms. The standard InChI is InChI=1S/C13H17N3O3/c1-4-17-10(3)13-15-12(19-16-13)8-18-11-6-5-7-14-9(11)2/h5-7,10H,4,8H2,1-3H3. The largest absolute Gasteiger partial charge is 0.482 e. The van der Waals surface area contributed by atoms with Crippen molar-refractivity contribution in [3.8, 4) is 5.75 Å². The normalized spacial score (nSPS) is 12.4. The van der Waals surface area contributed by atoms with E-state index in [1.807, 2.05) is 32.9 Å². The Labute approximate surface area is 111 Å². The number of ether oxygens (including phenoxy) is 2. The van der Waals surface area contributed by atoms with Gasteiger partial charge in [0.25, 0.3) is 5.89 Å². The number of pyridine rings is 1. The molecular formula is C13H17N3O3. The predicted molar refractivity (Wildman–Crippen MR) is 67.6 cm³/mol. The zero-order chi connectivity index (χ0) is 13.7. The van der Waals surface area contributed by atoms with E-state index in [9.17, 15) is 0 Å². The van der Waals surface area contributed by atoms with Gasteiger partial charge in [0.1, 0.15) is 11.9 Å². The Kier molecular flexibility index (Phi) is 4.46. The van der Waals surface area contributed by atoms with Crippen LogP contribution in [0.1, 0.15) is 37.4 Å². The van der Waals surface area contributed by atoms with Gasteiger partial charge in [0.2, 0.25) is 0 Å². The second-order valence-electron chi connectivity index (χ2n) is 4.02. The number of nitrogens with zero attached hydrogens (tertiary/aromatic N) is 3. The third-order valence-electron chi connectivity index (χ3n) is 2.57. The van der Waals surface area contributed by atoms with Crippen LogP contribution in [0.3, 0.4) is 0 Å². The van der Waals surface area contributed by atoms with Crippen LogP contribution in [0.15, 0.2) is 22.9 Å². The van der Waals surface area contributed by atoms with Crippen molar-refractivity contribution in [1.82, 2.24) is 15.1 Å². The smallest absolute Gasteiger partial charge is 0.264 e. The van der Waals surface area contributed by atoms with E-state index in [0.717, 1.165) is 5.69 Å². The lowest BCUT2D eigenvalue weighted by Crippen LogP contribution is -2.02. The molecule has 2 aromatic rings. The topological polar surface area (TPSA) is 70.3 Å². The van der Waals surface area contributed by atoms with E-state index in [-0.39, 0.29) is 12.7 Å². The van der Waals surface area contributed by atoms with Gasteiger partial charge >= 0.3 is 0 Å². The van der Waals surface area contributed by atoms with Crippen LogP contribution in [-0.2, 0) is 11.3 Å². The summed E-state index contributed by atoms with van der Waals surface area (Å²) in [7, 11) is 0. The maximum atomic E-state index is 5.58. The monoisotopic (exact) mass is 263 g/mol. The Morgan fingerprint density at radius 1 is 1.42 bits per heavy atom. The fourth-order valence-electron chi connectivity index (χ4n) is 1.58. The van der Waals surface area contributed by atoms with Gasteiger partial charge in [-0.2, -0.15) is 4.98 Å². The first-order valence-electron chi connectivity index (χ1n) is 6.19. The molecule has 0 aliphatic heterocycles. The highest BCUT2D eigenvalue weighted by Crippen LogP contribution is 2.17. The molecule has 0 aliphatic carbocycles. The highest BCUT2D eigenvalue weighted by molar-refractivity contribution is 5.25. The molecule has 6 nitrogen and oxygen atoms in total. The summed E-state index contributed by atoms with van der Waals surface area (Å²) in [5.41, 5.74) is 0.824. The van der Waals surface area contributed by atoms with E-state index in [0.29, 0.717) is 24.1 Å². The zero-order valence-electron chi connectivity index (χ0n) is 11.3. The van der Waals surface area contributed by atoms with Crippen LogP contribution in [0.25, 0.3) is 0 Å². The van der Waals surface area contributed by atoms with Crippen molar-refractivity contribution in [2.45, 2.75) is 33.5 Å². The number of rotatable bonds is 6. The summed E-state index contributed by atoms with van der Waals surface area (Å²) in [5.74, 6) is 1.66. The average molecular weight is 263 g/mol. The molecule has 0 fully saturated rings. The molecule has 19 heavy (non-hydrogen) atoms. The second kappa shape index (κ2) is 6.29. The van der Waals surface area contributed by atoms with Gasteiger partial charge in [-0.25, -0.2) is 0 Å². The van der Waals surface area contributed by atoms with E-state index < -0.39 is 0 Å². The molecule has 0 N–H and O–H groups in total. The molecule has 0 aliphatic rings. The fraction of sp³-hybridized carbons (Fsp3) is 0.462. The second-order valence-corrected chi connectivity index (χ2v) is 4.02. The lowest BCUT2D eigenvalue weighted by molar-refractivity contribution is 0.0683. The number of aryl methyl sites for hydroxylation is 1. The first-order valence-corrected chi connectivity index (χ1v) is 6.19. The van der Waals surface area contributed by atoms with E-state index in [1.54, 1.807) is 6.20 Å². The minimum atomic E-state index is -0.178. The summed E-state index contributed by atoms with van der Waals surface area (Å²) in [4.78, 5) is 8.36. The Hall–Kier alpha value is -1.95. The highest BCUT2D eigenvalue weighted by Gasteiger charge is 2.14. The van der Waals surface area contributed by atoms with Crippen molar-refractivity contribution < 1.29 is 14.0 Å². The minimum Gasteiger partial charge on any atom is -0.482 e. The Morgan fingerprint density at radius 3 is 3.00 bits per heavy atom. The predicted octanol–water partition coefficient (Wildman–Crippen LogP) is 2.45. The first kappa shape index (κ1) is 13.5. The Bertz CT molecular complexity index is 527. The van der Waals surface area contributed by atoms with Crippen LogP contribution in [-0.4, -0.2) is 21.7 Å². The molecule has 0 amide bonds. The average Bonchev–Trinajstić information content (AvgIpc) is 2.87. The molecule has 2 heterocycles. The molecular weight excluding hydrogens is 246 g/mol. The first-order chi connectivity index (χ1) is 9.20. The van der Waals surface area contributed by atoms with Crippen molar-refractivity contribution in [2.75, 3.05) is 6.61 Å². The Balaban J connectivity index is 1.95. The fourth-order valence-corrected chi connectivity index (χ4v) is 1.58. The lowest BCUT2D eigenvalue weighted by Gasteiger charge is -2.05. The number of aromatic nitrogens is 3. The number of hydrogen-bond donors (Lipinski definition) is 0. The molecule has 2 rings (SSSR count). The molecule has 0 radical (unpaired) electrons. The van der Waals surface area contributed by atoms with Crippen molar-refractivity contribution in [2.24, 2.45) is 0 Å². The summed E-state index contributed by atoms with van der Waals surface area (Å²) in [6, 6.07) is 3.67. The summed E-state index contributed by atoms with van der Waals surface area (Å²) < 4.78 is 16.1. The van der Waals surface area contributed by atoms with Gasteiger partial charge in [-0.05, 0) is 32.9 Å². The molecule has 1 unspecified atom stereocenters. The summed E-state index contributed by atoms with van der Waals surface area (Å²) in [6.45, 7) is 6.51. The summed E-state index contributed by atoms with van der Waals surface area (Å²) in [6.07, 6.45) is 1.54. The molecule has 0 saturated carbocycles. The molecule has 0 saturated heterocycles. The maximum Gasteiger partial charge on any atom is 0.264 e.